The minimum atomic E-state index is -0.454. The lowest BCUT2D eigenvalue weighted by Crippen LogP contribution is -2.51. The second-order valence-corrected chi connectivity index (χ2v) is 7.86. The van der Waals surface area contributed by atoms with Crippen molar-refractivity contribution in [2.75, 3.05) is 13.2 Å². The van der Waals surface area contributed by atoms with E-state index in [1.54, 1.807) is 0 Å². The molecule has 3 aliphatic rings. The zero-order valence-corrected chi connectivity index (χ0v) is 14.5. The Labute approximate surface area is 144 Å². The van der Waals surface area contributed by atoms with Crippen LogP contribution in [0.4, 0.5) is 0 Å². The Bertz CT molecular complexity index is 624. The molecule has 0 heterocycles. The molecule has 2 N–H and O–H groups in total. The number of benzene rings is 1. The molecule has 0 radical (unpaired) electrons. The maximum absolute atomic E-state index is 12.9. The number of nitrogens with one attached hydrogen (secondary N) is 1. The summed E-state index contributed by atoms with van der Waals surface area (Å²) in [4.78, 5) is 15.0. The summed E-state index contributed by atoms with van der Waals surface area (Å²) in [6, 6.07) is 9.10. The molecule has 1 aromatic carbocycles. The standard InChI is InChI=1S/C20H28N2O2/c1-14(15-6-7-15)22(17-8-9-17)19(24)12-21-20(13-23)11-10-16-4-2-3-5-18(16)20/h2-5,14-15,17,21,23H,6-13H2,1H3. The third-order valence-electron chi connectivity index (χ3n) is 6.17. The van der Waals surface area contributed by atoms with Gasteiger partial charge in [0, 0.05) is 12.1 Å². The number of aliphatic hydroxyl groups excluding tert-OH is 1. The number of carbonyl (C=O) groups excluding carboxylic acids is 1. The summed E-state index contributed by atoms with van der Waals surface area (Å²) < 4.78 is 0. The van der Waals surface area contributed by atoms with Gasteiger partial charge in [-0.25, -0.2) is 0 Å². The molecule has 1 aromatic rings. The van der Waals surface area contributed by atoms with E-state index in [0.717, 1.165) is 31.2 Å². The molecule has 2 fully saturated rings. The molecule has 2 saturated carbocycles. The molecule has 1 amide bonds. The Kier molecular flexibility index (Phi) is 4.13. The largest absolute Gasteiger partial charge is 0.394 e. The molecule has 4 rings (SSSR count). The summed E-state index contributed by atoms with van der Waals surface area (Å²) in [5.74, 6) is 0.905. The van der Waals surface area contributed by atoms with E-state index < -0.39 is 5.54 Å². The second-order valence-electron chi connectivity index (χ2n) is 7.86. The molecular weight excluding hydrogens is 300 g/mol. The maximum Gasteiger partial charge on any atom is 0.237 e. The number of aliphatic hydroxyl groups is 1. The molecule has 0 aromatic heterocycles. The van der Waals surface area contributed by atoms with Gasteiger partial charge in [-0.3, -0.25) is 10.1 Å². The quantitative estimate of drug-likeness (QED) is 0.807. The van der Waals surface area contributed by atoms with E-state index in [2.05, 4.69) is 29.3 Å². The molecule has 0 saturated heterocycles. The second kappa shape index (κ2) is 6.16. The van der Waals surface area contributed by atoms with Crippen LogP contribution in [-0.4, -0.2) is 41.1 Å². The van der Waals surface area contributed by atoms with Crippen LogP contribution in [0.5, 0.6) is 0 Å². The minimum absolute atomic E-state index is 0.0406. The highest BCUT2D eigenvalue weighted by Crippen LogP contribution is 2.40. The van der Waals surface area contributed by atoms with Gasteiger partial charge in [-0.1, -0.05) is 24.3 Å². The van der Waals surface area contributed by atoms with E-state index in [-0.39, 0.29) is 12.5 Å². The Hall–Kier alpha value is -1.39. The van der Waals surface area contributed by atoms with Crippen molar-refractivity contribution in [2.45, 2.75) is 63.1 Å². The van der Waals surface area contributed by atoms with E-state index in [4.69, 9.17) is 0 Å². The van der Waals surface area contributed by atoms with Crippen LogP contribution in [0.15, 0.2) is 24.3 Å². The predicted octanol–water partition coefficient (Wildman–Crippen LogP) is 2.20. The van der Waals surface area contributed by atoms with Crippen molar-refractivity contribution >= 4 is 5.91 Å². The first-order valence-corrected chi connectivity index (χ1v) is 9.40. The van der Waals surface area contributed by atoms with Gasteiger partial charge in [0.2, 0.25) is 5.91 Å². The SMILES string of the molecule is CC(C1CC1)N(C(=O)CNC1(CO)CCc2ccccc21)C1CC1. The van der Waals surface area contributed by atoms with Gasteiger partial charge in [0.25, 0.3) is 0 Å². The number of nitrogens with zero attached hydrogens (tertiary/aromatic N) is 1. The third kappa shape index (κ3) is 2.86. The molecule has 4 nitrogen and oxygen atoms in total. The first-order chi connectivity index (χ1) is 11.6. The van der Waals surface area contributed by atoms with Crippen LogP contribution < -0.4 is 5.32 Å². The van der Waals surface area contributed by atoms with Gasteiger partial charge < -0.3 is 10.0 Å². The van der Waals surface area contributed by atoms with Gasteiger partial charge >= 0.3 is 0 Å². The van der Waals surface area contributed by atoms with Gasteiger partial charge in [0.1, 0.15) is 0 Å². The average molecular weight is 328 g/mol. The van der Waals surface area contributed by atoms with Gasteiger partial charge in [-0.2, -0.15) is 0 Å². The number of carbonyl (C=O) groups is 1. The van der Waals surface area contributed by atoms with Gasteiger partial charge in [0.15, 0.2) is 0 Å². The number of rotatable bonds is 7. The minimum Gasteiger partial charge on any atom is -0.394 e. The Morgan fingerprint density at radius 2 is 2.08 bits per heavy atom. The highest BCUT2D eigenvalue weighted by molar-refractivity contribution is 5.79. The summed E-state index contributed by atoms with van der Waals surface area (Å²) in [5, 5.41) is 13.5. The number of fused-ring (bicyclic) bond motifs is 1. The summed E-state index contributed by atoms with van der Waals surface area (Å²) in [6.45, 7) is 2.57. The average Bonchev–Trinajstić information content (AvgIpc) is 3.51. The van der Waals surface area contributed by atoms with Crippen molar-refractivity contribution in [3.8, 4) is 0 Å². The summed E-state index contributed by atoms with van der Waals surface area (Å²) >= 11 is 0. The van der Waals surface area contributed by atoms with E-state index in [1.807, 2.05) is 12.1 Å². The zero-order valence-electron chi connectivity index (χ0n) is 14.5. The van der Waals surface area contributed by atoms with Crippen LogP contribution in [0.25, 0.3) is 0 Å². The normalized spacial score (nSPS) is 26.9. The van der Waals surface area contributed by atoms with Crippen LogP contribution in [-0.2, 0) is 16.8 Å². The third-order valence-corrected chi connectivity index (χ3v) is 6.17. The van der Waals surface area contributed by atoms with Gasteiger partial charge in [0.05, 0.1) is 18.7 Å². The molecule has 2 atom stereocenters. The number of aryl methyl sites for hydroxylation is 1. The maximum atomic E-state index is 12.9. The molecule has 3 aliphatic carbocycles. The molecule has 2 unspecified atom stereocenters. The fraction of sp³-hybridized carbons (Fsp3) is 0.650. The number of amides is 1. The molecule has 24 heavy (non-hydrogen) atoms. The van der Waals surface area contributed by atoms with Crippen LogP contribution in [0.3, 0.4) is 0 Å². The van der Waals surface area contributed by atoms with Gasteiger partial charge in [-0.15, -0.1) is 0 Å². The van der Waals surface area contributed by atoms with Crippen molar-refractivity contribution in [3.05, 3.63) is 35.4 Å². The predicted molar refractivity (Wildman–Crippen MR) is 93.6 cm³/mol. The highest BCUT2D eigenvalue weighted by Gasteiger charge is 2.43. The summed E-state index contributed by atoms with van der Waals surface area (Å²) in [5.41, 5.74) is 2.00. The van der Waals surface area contributed by atoms with Crippen LogP contribution >= 0.6 is 0 Å². The van der Waals surface area contributed by atoms with Crippen molar-refractivity contribution in [2.24, 2.45) is 5.92 Å². The molecule has 130 valence electrons. The zero-order chi connectivity index (χ0) is 16.7. The van der Waals surface area contributed by atoms with E-state index in [1.165, 1.54) is 18.4 Å². The highest BCUT2D eigenvalue weighted by atomic mass is 16.3. The van der Waals surface area contributed by atoms with E-state index in [0.29, 0.717) is 24.5 Å². The number of hydrogen-bond acceptors (Lipinski definition) is 3. The summed E-state index contributed by atoms with van der Waals surface area (Å²) in [6.07, 6.45) is 6.64. The smallest absolute Gasteiger partial charge is 0.237 e. The molecule has 0 bridgehead atoms. The van der Waals surface area contributed by atoms with Crippen LogP contribution in [0, 0.1) is 5.92 Å². The van der Waals surface area contributed by atoms with Crippen molar-refractivity contribution in [1.29, 1.82) is 0 Å². The van der Waals surface area contributed by atoms with Crippen LogP contribution in [0.2, 0.25) is 0 Å². The van der Waals surface area contributed by atoms with Gasteiger partial charge in [-0.05, 0) is 62.5 Å². The molecule has 0 aliphatic heterocycles. The summed E-state index contributed by atoms with van der Waals surface area (Å²) in [7, 11) is 0. The van der Waals surface area contributed by atoms with Crippen LogP contribution in [0.1, 0.15) is 50.2 Å². The molecular formula is C20H28N2O2. The first kappa shape index (κ1) is 16.1. The van der Waals surface area contributed by atoms with E-state index in [9.17, 15) is 9.90 Å². The van der Waals surface area contributed by atoms with Crippen molar-refractivity contribution < 1.29 is 9.90 Å². The fourth-order valence-corrected chi connectivity index (χ4v) is 4.35. The van der Waals surface area contributed by atoms with E-state index >= 15 is 0 Å². The fourth-order valence-electron chi connectivity index (χ4n) is 4.35. The molecule has 4 heteroatoms. The lowest BCUT2D eigenvalue weighted by molar-refractivity contribution is -0.133. The lowest BCUT2D eigenvalue weighted by atomic mass is 9.92. The number of hydrogen-bond donors (Lipinski definition) is 2. The lowest BCUT2D eigenvalue weighted by Gasteiger charge is -2.33. The first-order valence-electron chi connectivity index (χ1n) is 9.40. The molecule has 0 spiro atoms. The Balaban J connectivity index is 1.46. The Morgan fingerprint density at radius 3 is 2.75 bits per heavy atom. The Morgan fingerprint density at radius 1 is 1.33 bits per heavy atom. The van der Waals surface area contributed by atoms with Crippen molar-refractivity contribution in [1.82, 2.24) is 10.2 Å². The monoisotopic (exact) mass is 328 g/mol. The topological polar surface area (TPSA) is 52.6 Å². The van der Waals surface area contributed by atoms with Crippen molar-refractivity contribution in [3.63, 3.8) is 0 Å².